The Labute approximate surface area is 200 Å². The lowest BCUT2D eigenvalue weighted by Gasteiger charge is -2.41. The van der Waals surface area contributed by atoms with E-state index in [-0.39, 0.29) is 17.7 Å². The molecule has 1 aliphatic heterocycles. The summed E-state index contributed by atoms with van der Waals surface area (Å²) in [4.78, 5) is 15.3. The van der Waals surface area contributed by atoms with E-state index in [0.29, 0.717) is 18.1 Å². The smallest absolute Gasteiger partial charge is 0.412 e. The lowest BCUT2D eigenvalue weighted by Crippen LogP contribution is -2.55. The number of hydrogen-bond donors (Lipinski definition) is 0. The number of nitrogens with zero attached hydrogens (tertiary/aromatic N) is 1. The van der Waals surface area contributed by atoms with Crippen molar-refractivity contribution in [3.05, 3.63) is 66.2 Å². The Hall–Kier alpha value is -2.11. The van der Waals surface area contributed by atoms with Gasteiger partial charge in [-0.2, -0.15) is 0 Å². The number of ether oxygens (including phenoxy) is 2. The molecule has 1 aliphatic carbocycles. The Balaban J connectivity index is 1.66. The number of benzene rings is 2. The first kappa shape index (κ1) is 24.0. The first-order valence-electron chi connectivity index (χ1n) is 12.3. The molecule has 5 heteroatoms. The Morgan fingerprint density at radius 1 is 1.00 bits per heavy atom. The fourth-order valence-electron chi connectivity index (χ4n) is 6.25. The second-order valence-electron chi connectivity index (χ2n) is 11.4. The third-order valence-corrected chi connectivity index (χ3v) is 11.9. The van der Waals surface area contributed by atoms with E-state index in [0.717, 1.165) is 19.3 Å². The van der Waals surface area contributed by atoms with Crippen LogP contribution in [-0.4, -0.2) is 43.0 Å². The molecular formula is C28H39NO3Si. The number of rotatable bonds is 5. The molecule has 1 saturated heterocycles. The van der Waals surface area contributed by atoms with Crippen LogP contribution in [0.1, 0.15) is 58.1 Å². The van der Waals surface area contributed by atoms with Crippen LogP contribution in [-0.2, 0) is 9.47 Å². The molecule has 4 nitrogen and oxygen atoms in total. The summed E-state index contributed by atoms with van der Waals surface area (Å²) in [6.07, 6.45) is 2.78. The molecule has 178 valence electrons. The highest BCUT2D eigenvalue weighted by Crippen LogP contribution is 2.45. The predicted octanol–water partition coefficient (Wildman–Crippen LogP) is 6.08. The molecule has 2 aromatic rings. The van der Waals surface area contributed by atoms with Gasteiger partial charge in [-0.25, -0.2) is 4.79 Å². The molecule has 2 fully saturated rings. The van der Waals surface area contributed by atoms with Crippen LogP contribution in [0.2, 0.25) is 13.1 Å². The molecule has 0 aromatic heterocycles. The van der Waals surface area contributed by atoms with Crippen LogP contribution in [0.15, 0.2) is 60.7 Å². The highest BCUT2D eigenvalue weighted by atomic mass is 28.3. The molecule has 0 N–H and O–H groups in total. The molecule has 1 saturated carbocycles. The fourth-order valence-corrected chi connectivity index (χ4v) is 10.1. The zero-order valence-electron chi connectivity index (χ0n) is 21.0. The summed E-state index contributed by atoms with van der Waals surface area (Å²) in [6.45, 7) is 13.5. The van der Waals surface area contributed by atoms with Crippen molar-refractivity contribution in [2.45, 2.75) is 83.0 Å². The summed E-state index contributed by atoms with van der Waals surface area (Å²) < 4.78 is 12.3. The van der Waals surface area contributed by atoms with Crippen molar-refractivity contribution < 1.29 is 14.3 Å². The Kier molecular flexibility index (Phi) is 6.49. The SMILES string of the molecule is CC1(C)COC(C)(C)N1C(=O)O[C@@H]1CCC[C@H]1[C@H](c1ccccc1)[Si](C)(C)c1ccccc1. The van der Waals surface area contributed by atoms with E-state index in [1.165, 1.54) is 10.8 Å². The largest absolute Gasteiger partial charge is 0.446 e. The second kappa shape index (κ2) is 8.92. The lowest BCUT2D eigenvalue weighted by molar-refractivity contribution is -0.0614. The predicted molar refractivity (Wildman–Crippen MR) is 136 cm³/mol. The van der Waals surface area contributed by atoms with Crippen LogP contribution in [0.25, 0.3) is 0 Å². The first-order chi connectivity index (χ1) is 15.5. The van der Waals surface area contributed by atoms with Gasteiger partial charge < -0.3 is 9.47 Å². The standard InChI is InChI=1S/C28H39NO3Si/c1-27(2)20-31-28(3,4)29(27)26(30)32-24-19-13-18-23(24)25(21-14-9-7-10-15-21)33(5,6)22-16-11-8-12-17-22/h7-12,14-17,23-25H,13,18-20H2,1-6H3/t23-,24-,25+/m1/s1. The molecule has 3 atom stereocenters. The molecule has 2 aromatic carbocycles. The summed E-state index contributed by atoms with van der Waals surface area (Å²) in [5.41, 5.74) is 0.699. The van der Waals surface area contributed by atoms with Crippen LogP contribution in [0.3, 0.4) is 0 Å². The van der Waals surface area contributed by atoms with Crippen molar-refractivity contribution in [3.8, 4) is 0 Å². The summed E-state index contributed by atoms with van der Waals surface area (Å²) >= 11 is 0. The summed E-state index contributed by atoms with van der Waals surface area (Å²) in [5, 5.41) is 1.45. The maximum absolute atomic E-state index is 13.5. The van der Waals surface area contributed by atoms with Gasteiger partial charge in [0.1, 0.15) is 11.8 Å². The van der Waals surface area contributed by atoms with Gasteiger partial charge in [0.05, 0.1) is 20.2 Å². The van der Waals surface area contributed by atoms with Crippen molar-refractivity contribution >= 4 is 19.4 Å². The van der Waals surface area contributed by atoms with Gasteiger partial charge in [0.2, 0.25) is 0 Å². The zero-order valence-corrected chi connectivity index (χ0v) is 22.0. The minimum atomic E-state index is -1.93. The molecule has 0 unspecified atom stereocenters. The quantitative estimate of drug-likeness (QED) is 0.503. The molecule has 1 heterocycles. The molecule has 33 heavy (non-hydrogen) atoms. The Bertz CT molecular complexity index is 942. The van der Waals surface area contributed by atoms with Crippen molar-refractivity contribution in [3.63, 3.8) is 0 Å². The monoisotopic (exact) mass is 465 g/mol. The van der Waals surface area contributed by atoms with Crippen LogP contribution in [0, 0.1) is 5.92 Å². The number of carbonyl (C=O) groups is 1. The van der Waals surface area contributed by atoms with E-state index in [1.807, 2.05) is 27.7 Å². The van der Waals surface area contributed by atoms with Crippen molar-refractivity contribution in [1.82, 2.24) is 4.90 Å². The van der Waals surface area contributed by atoms with E-state index in [2.05, 4.69) is 73.8 Å². The minimum absolute atomic E-state index is 0.0783. The normalized spacial score (nSPS) is 25.1. The van der Waals surface area contributed by atoms with E-state index >= 15 is 0 Å². The van der Waals surface area contributed by atoms with E-state index in [9.17, 15) is 4.79 Å². The van der Waals surface area contributed by atoms with Gasteiger partial charge in [-0.1, -0.05) is 78.9 Å². The fraction of sp³-hybridized carbons (Fsp3) is 0.536. The second-order valence-corrected chi connectivity index (χ2v) is 16.0. The van der Waals surface area contributed by atoms with Crippen LogP contribution < -0.4 is 5.19 Å². The van der Waals surface area contributed by atoms with Crippen LogP contribution >= 0.6 is 0 Å². The number of amides is 1. The summed E-state index contributed by atoms with van der Waals surface area (Å²) in [6, 6.07) is 21.8. The van der Waals surface area contributed by atoms with Crippen molar-refractivity contribution in [2.75, 3.05) is 6.61 Å². The molecule has 0 bridgehead atoms. The van der Waals surface area contributed by atoms with Gasteiger partial charge in [-0.05, 0) is 58.1 Å². The van der Waals surface area contributed by atoms with Crippen molar-refractivity contribution in [1.29, 1.82) is 0 Å². The average molecular weight is 466 g/mol. The molecular weight excluding hydrogens is 426 g/mol. The lowest BCUT2D eigenvalue weighted by atomic mass is 9.95. The Morgan fingerprint density at radius 3 is 2.18 bits per heavy atom. The minimum Gasteiger partial charge on any atom is -0.446 e. The molecule has 4 rings (SSSR count). The zero-order chi connectivity index (χ0) is 23.9. The highest BCUT2D eigenvalue weighted by molar-refractivity contribution is 6.91. The van der Waals surface area contributed by atoms with Gasteiger partial charge in [-0.3, -0.25) is 4.90 Å². The molecule has 0 spiro atoms. The summed E-state index contributed by atoms with van der Waals surface area (Å²) in [7, 11) is -1.93. The van der Waals surface area contributed by atoms with Gasteiger partial charge in [0.15, 0.2) is 0 Å². The van der Waals surface area contributed by atoms with Gasteiger partial charge in [0.25, 0.3) is 0 Å². The van der Waals surface area contributed by atoms with Crippen molar-refractivity contribution in [2.24, 2.45) is 5.92 Å². The third-order valence-electron chi connectivity index (χ3n) is 7.74. The van der Waals surface area contributed by atoms with Crippen LogP contribution in [0.5, 0.6) is 0 Å². The maximum Gasteiger partial charge on any atom is 0.412 e. The van der Waals surface area contributed by atoms with E-state index in [4.69, 9.17) is 9.47 Å². The Morgan fingerprint density at radius 2 is 1.61 bits per heavy atom. The molecule has 1 amide bonds. The first-order valence-corrected chi connectivity index (χ1v) is 15.4. The molecule has 0 radical (unpaired) electrons. The highest BCUT2D eigenvalue weighted by Gasteiger charge is 2.52. The van der Waals surface area contributed by atoms with Gasteiger partial charge in [0, 0.05) is 5.92 Å². The van der Waals surface area contributed by atoms with E-state index in [1.54, 1.807) is 4.90 Å². The molecule has 2 aliphatic rings. The van der Waals surface area contributed by atoms with Gasteiger partial charge >= 0.3 is 6.09 Å². The number of carbonyl (C=O) groups excluding carboxylic acids is 1. The van der Waals surface area contributed by atoms with E-state index < -0.39 is 13.8 Å². The summed E-state index contributed by atoms with van der Waals surface area (Å²) in [5.74, 6) is 0.313. The average Bonchev–Trinajstić information content (AvgIpc) is 3.29. The third kappa shape index (κ3) is 4.63. The maximum atomic E-state index is 13.5. The van der Waals surface area contributed by atoms with Crippen LogP contribution in [0.4, 0.5) is 4.79 Å². The number of hydrogen-bond acceptors (Lipinski definition) is 3. The van der Waals surface area contributed by atoms with Gasteiger partial charge in [-0.15, -0.1) is 0 Å². The topological polar surface area (TPSA) is 38.8 Å².